The van der Waals surface area contributed by atoms with E-state index < -0.39 is 0 Å². The molecule has 1 aliphatic rings. The molecule has 1 aromatic carbocycles. The number of carbonyl (C=O) groups is 1. The van der Waals surface area contributed by atoms with E-state index in [-0.39, 0.29) is 11.7 Å². The second-order valence-electron chi connectivity index (χ2n) is 7.23. The standard InChI is InChI=1S/C22H20N4O3S/c1-28-12-15-20(14-6-3-4-7-18(14)29-2)22-24-23-21-16(26(22)25-15)10-13(11-17(21)27)19-8-5-9-30-19/h3-9,13H,10-12H2,1-2H3/t13-/m0/s1. The van der Waals surface area contributed by atoms with E-state index in [4.69, 9.17) is 14.6 Å². The predicted molar refractivity (Wildman–Crippen MR) is 113 cm³/mol. The van der Waals surface area contributed by atoms with Crippen LogP contribution in [0.15, 0.2) is 41.8 Å². The SMILES string of the molecule is COCc1nn2c3c(nnc2c1-c1ccccc1OC)C(=O)C[C@@H](c1cccs1)C3. The number of rotatable bonds is 5. The number of carbonyl (C=O) groups excluding carboxylic acids is 1. The van der Waals surface area contributed by atoms with E-state index in [2.05, 4.69) is 16.3 Å². The molecule has 4 aromatic rings. The normalized spacial score (nSPS) is 16.1. The Morgan fingerprint density at radius 3 is 2.77 bits per heavy atom. The van der Waals surface area contributed by atoms with E-state index >= 15 is 0 Å². The van der Waals surface area contributed by atoms with Crippen LogP contribution >= 0.6 is 11.3 Å². The van der Waals surface area contributed by atoms with Gasteiger partial charge in [-0.2, -0.15) is 5.10 Å². The van der Waals surface area contributed by atoms with Crippen molar-refractivity contribution in [2.24, 2.45) is 0 Å². The van der Waals surface area contributed by atoms with Crippen LogP contribution in [0.5, 0.6) is 5.75 Å². The first kappa shape index (κ1) is 18.9. The van der Waals surface area contributed by atoms with Crippen molar-refractivity contribution in [3.05, 3.63) is 63.7 Å². The fourth-order valence-corrected chi connectivity index (χ4v) is 4.93. The maximum atomic E-state index is 12.8. The van der Waals surface area contributed by atoms with E-state index in [0.29, 0.717) is 30.8 Å². The van der Waals surface area contributed by atoms with Crippen LogP contribution < -0.4 is 4.74 Å². The second kappa shape index (κ2) is 7.62. The molecular weight excluding hydrogens is 400 g/mol. The fourth-order valence-electron chi connectivity index (χ4n) is 4.10. The van der Waals surface area contributed by atoms with Crippen molar-refractivity contribution in [3.63, 3.8) is 0 Å². The first-order valence-corrected chi connectivity index (χ1v) is 10.5. The largest absolute Gasteiger partial charge is 0.496 e. The van der Waals surface area contributed by atoms with Crippen molar-refractivity contribution >= 4 is 22.8 Å². The van der Waals surface area contributed by atoms with Gasteiger partial charge in [0.1, 0.15) is 5.75 Å². The summed E-state index contributed by atoms with van der Waals surface area (Å²) in [6.45, 7) is 0.313. The molecule has 5 rings (SSSR count). The van der Waals surface area contributed by atoms with E-state index in [1.165, 1.54) is 4.88 Å². The van der Waals surface area contributed by atoms with Gasteiger partial charge in [-0.05, 0) is 17.5 Å². The summed E-state index contributed by atoms with van der Waals surface area (Å²) in [7, 11) is 3.27. The lowest BCUT2D eigenvalue weighted by molar-refractivity contribution is 0.0956. The lowest BCUT2D eigenvalue weighted by Gasteiger charge is -2.21. The molecule has 0 amide bonds. The number of thiophene rings is 1. The molecule has 3 heterocycles. The second-order valence-corrected chi connectivity index (χ2v) is 8.21. The molecule has 3 aromatic heterocycles. The van der Waals surface area contributed by atoms with E-state index in [0.717, 1.165) is 28.3 Å². The molecule has 0 N–H and O–H groups in total. The van der Waals surface area contributed by atoms with Crippen molar-refractivity contribution in [3.8, 4) is 16.9 Å². The Bertz CT molecular complexity index is 1230. The van der Waals surface area contributed by atoms with Crippen molar-refractivity contribution in [2.75, 3.05) is 14.2 Å². The summed E-state index contributed by atoms with van der Waals surface area (Å²) in [5, 5.41) is 15.6. The molecule has 1 aliphatic carbocycles. The van der Waals surface area contributed by atoms with E-state index in [9.17, 15) is 4.79 Å². The number of fused-ring (bicyclic) bond motifs is 3. The van der Waals surface area contributed by atoms with Crippen molar-refractivity contribution in [1.29, 1.82) is 0 Å². The number of para-hydroxylation sites is 1. The zero-order chi connectivity index (χ0) is 20.7. The summed E-state index contributed by atoms with van der Waals surface area (Å²) in [6.07, 6.45) is 1.13. The van der Waals surface area contributed by atoms with Crippen LogP contribution in [-0.2, 0) is 17.8 Å². The fraction of sp³-hybridized carbons (Fsp3) is 0.273. The van der Waals surface area contributed by atoms with Gasteiger partial charge in [-0.15, -0.1) is 21.5 Å². The van der Waals surface area contributed by atoms with E-state index in [1.54, 1.807) is 30.1 Å². The Kier molecular flexibility index (Phi) is 4.80. The smallest absolute Gasteiger partial charge is 0.186 e. The molecule has 1 atom stereocenters. The van der Waals surface area contributed by atoms with Crippen molar-refractivity contribution < 1.29 is 14.3 Å². The van der Waals surface area contributed by atoms with E-state index in [1.807, 2.05) is 35.7 Å². The number of ketones is 1. The Morgan fingerprint density at radius 2 is 2.00 bits per heavy atom. The van der Waals surface area contributed by atoms with Gasteiger partial charge >= 0.3 is 0 Å². The molecule has 0 aliphatic heterocycles. The molecule has 0 radical (unpaired) electrons. The Morgan fingerprint density at radius 1 is 1.13 bits per heavy atom. The Balaban J connectivity index is 1.73. The summed E-state index contributed by atoms with van der Waals surface area (Å²) in [6, 6.07) is 11.8. The highest BCUT2D eigenvalue weighted by atomic mass is 32.1. The predicted octanol–water partition coefficient (Wildman–Crippen LogP) is 3.92. The van der Waals surface area contributed by atoms with Gasteiger partial charge in [-0.25, -0.2) is 4.52 Å². The number of Topliss-reactive ketones (excluding diaryl/α,β-unsaturated/α-hetero) is 1. The highest BCUT2D eigenvalue weighted by Gasteiger charge is 2.32. The zero-order valence-corrected chi connectivity index (χ0v) is 17.5. The third-order valence-electron chi connectivity index (χ3n) is 5.45. The highest BCUT2D eigenvalue weighted by Crippen LogP contribution is 2.38. The van der Waals surface area contributed by atoms with Gasteiger partial charge < -0.3 is 9.47 Å². The molecule has 0 saturated carbocycles. The summed E-state index contributed by atoms with van der Waals surface area (Å²) >= 11 is 1.68. The first-order valence-electron chi connectivity index (χ1n) is 9.67. The van der Waals surface area contributed by atoms with Crippen LogP contribution in [0.1, 0.15) is 39.1 Å². The topological polar surface area (TPSA) is 78.6 Å². The van der Waals surface area contributed by atoms with Gasteiger partial charge in [0.15, 0.2) is 17.1 Å². The van der Waals surface area contributed by atoms with Gasteiger partial charge in [0.25, 0.3) is 0 Å². The van der Waals surface area contributed by atoms with Gasteiger partial charge in [-0.1, -0.05) is 24.3 Å². The third kappa shape index (κ3) is 3.00. The minimum Gasteiger partial charge on any atom is -0.496 e. The average molecular weight is 420 g/mol. The number of methoxy groups -OCH3 is 2. The molecular formula is C22H20N4O3S. The van der Waals surface area contributed by atoms with Crippen LogP contribution in [-0.4, -0.2) is 39.8 Å². The number of aromatic nitrogens is 4. The Labute approximate surface area is 177 Å². The minimum absolute atomic E-state index is 0.00619. The van der Waals surface area contributed by atoms with Crippen molar-refractivity contribution in [2.45, 2.75) is 25.4 Å². The van der Waals surface area contributed by atoms with Gasteiger partial charge in [0.2, 0.25) is 0 Å². The van der Waals surface area contributed by atoms with Crippen molar-refractivity contribution in [1.82, 2.24) is 19.8 Å². The monoisotopic (exact) mass is 420 g/mol. The lowest BCUT2D eigenvalue weighted by atomic mass is 9.87. The van der Waals surface area contributed by atoms with Gasteiger partial charge in [0, 0.05) is 36.3 Å². The number of nitrogens with zero attached hydrogens (tertiary/aromatic N) is 4. The van der Waals surface area contributed by atoms with Crippen LogP contribution in [0.25, 0.3) is 16.8 Å². The van der Waals surface area contributed by atoms with Gasteiger partial charge in [-0.3, -0.25) is 4.79 Å². The molecule has 30 heavy (non-hydrogen) atoms. The maximum absolute atomic E-state index is 12.8. The van der Waals surface area contributed by atoms with Crippen LogP contribution in [0, 0.1) is 0 Å². The highest BCUT2D eigenvalue weighted by molar-refractivity contribution is 7.10. The molecule has 0 bridgehead atoms. The summed E-state index contributed by atoms with van der Waals surface area (Å²) in [4.78, 5) is 14.0. The molecule has 0 spiro atoms. The quantitative estimate of drug-likeness (QED) is 0.487. The Hall–Kier alpha value is -3.10. The summed E-state index contributed by atoms with van der Waals surface area (Å²) in [5.74, 6) is 0.852. The van der Waals surface area contributed by atoms with Crippen LogP contribution in [0.2, 0.25) is 0 Å². The number of benzene rings is 1. The molecule has 8 heteroatoms. The average Bonchev–Trinajstić information content (AvgIpc) is 3.42. The number of hydrogen-bond acceptors (Lipinski definition) is 7. The summed E-state index contributed by atoms with van der Waals surface area (Å²) in [5.41, 5.74) is 4.23. The minimum atomic E-state index is 0.00619. The van der Waals surface area contributed by atoms with Crippen LogP contribution in [0.4, 0.5) is 0 Å². The van der Waals surface area contributed by atoms with Crippen LogP contribution in [0.3, 0.4) is 0 Å². The number of hydrogen-bond donors (Lipinski definition) is 0. The molecule has 7 nitrogen and oxygen atoms in total. The molecule has 152 valence electrons. The molecule has 0 saturated heterocycles. The molecule has 0 unspecified atom stereocenters. The summed E-state index contributed by atoms with van der Waals surface area (Å²) < 4.78 is 12.8. The zero-order valence-electron chi connectivity index (χ0n) is 16.7. The maximum Gasteiger partial charge on any atom is 0.186 e. The van der Waals surface area contributed by atoms with Gasteiger partial charge in [0.05, 0.1) is 30.7 Å². The molecule has 0 fully saturated rings. The first-order chi connectivity index (χ1) is 14.7. The third-order valence-corrected chi connectivity index (χ3v) is 6.48. The lowest BCUT2D eigenvalue weighted by Crippen LogP contribution is -2.23. The number of ether oxygens (including phenoxy) is 2.